The zero-order valence-electron chi connectivity index (χ0n) is 16.4. The van der Waals surface area contributed by atoms with Crippen LogP contribution in [0, 0.1) is 18.3 Å². The molecule has 0 aromatic heterocycles. The van der Waals surface area contributed by atoms with Gasteiger partial charge in [0, 0.05) is 6.42 Å². The minimum absolute atomic E-state index is 0.621. The van der Waals surface area contributed by atoms with Crippen molar-refractivity contribution in [3.05, 3.63) is 71.8 Å². The van der Waals surface area contributed by atoms with Crippen LogP contribution in [0.5, 0.6) is 0 Å². The van der Waals surface area contributed by atoms with Crippen molar-refractivity contribution in [2.45, 2.75) is 51.6 Å². The summed E-state index contributed by atoms with van der Waals surface area (Å²) in [4.78, 5) is 0. The van der Waals surface area contributed by atoms with Crippen molar-refractivity contribution in [1.82, 2.24) is 0 Å². The fourth-order valence-corrected chi connectivity index (χ4v) is 3.98. The van der Waals surface area contributed by atoms with Crippen LogP contribution >= 0.6 is 0 Å². The number of ether oxygens (including phenoxy) is 1. The van der Waals surface area contributed by atoms with Crippen LogP contribution < -0.4 is 0 Å². The van der Waals surface area contributed by atoms with Crippen molar-refractivity contribution in [2.75, 3.05) is 6.61 Å². The second kappa shape index (κ2) is 10.1. The molecule has 1 fully saturated rings. The summed E-state index contributed by atoms with van der Waals surface area (Å²) in [6.07, 6.45) is 15.7. The molecule has 0 radical (unpaired) electrons. The Balaban J connectivity index is 1.56. The summed E-state index contributed by atoms with van der Waals surface area (Å²) < 4.78 is 5.56. The fraction of sp³-hybridized carbons (Fsp3) is 0.385. The van der Waals surface area contributed by atoms with Gasteiger partial charge in [0.15, 0.2) is 0 Å². The van der Waals surface area contributed by atoms with E-state index < -0.39 is 0 Å². The molecule has 140 valence electrons. The summed E-state index contributed by atoms with van der Waals surface area (Å²) in [6.45, 7) is 3.37. The molecule has 0 saturated heterocycles. The van der Waals surface area contributed by atoms with Gasteiger partial charge in [-0.25, -0.2) is 0 Å². The molecule has 1 nitrogen and oxygen atoms in total. The summed E-state index contributed by atoms with van der Waals surface area (Å²) in [5, 5.41) is 0. The average Bonchev–Trinajstić information content (AvgIpc) is 2.73. The molecule has 0 amide bonds. The first-order valence-corrected chi connectivity index (χ1v) is 10.1. The van der Waals surface area contributed by atoms with Crippen molar-refractivity contribution in [1.29, 1.82) is 0 Å². The minimum Gasteiger partial charge on any atom is -0.376 e. The number of hydrogen-bond acceptors (Lipinski definition) is 1. The summed E-state index contributed by atoms with van der Waals surface area (Å²) in [5.41, 5.74) is 5.22. The van der Waals surface area contributed by atoms with Crippen molar-refractivity contribution >= 4 is 0 Å². The van der Waals surface area contributed by atoms with Gasteiger partial charge in [-0.15, -0.1) is 12.3 Å². The largest absolute Gasteiger partial charge is 0.376 e. The molecule has 2 aromatic rings. The number of rotatable bonds is 7. The van der Waals surface area contributed by atoms with Crippen LogP contribution in [0.15, 0.2) is 60.7 Å². The smallest absolute Gasteiger partial charge is 0.0717 e. The van der Waals surface area contributed by atoms with Gasteiger partial charge >= 0.3 is 0 Å². The molecule has 1 heteroatoms. The predicted octanol–water partition coefficient (Wildman–Crippen LogP) is 6.74. The van der Waals surface area contributed by atoms with Crippen LogP contribution in [-0.2, 0) is 11.3 Å². The van der Waals surface area contributed by atoms with Gasteiger partial charge < -0.3 is 4.74 Å². The zero-order valence-corrected chi connectivity index (χ0v) is 16.4. The molecule has 0 heterocycles. The Morgan fingerprint density at radius 3 is 2.19 bits per heavy atom. The highest BCUT2D eigenvalue weighted by Gasteiger charge is 2.20. The SMILES string of the molecule is C#CCCOCc1ccc(-c2ccc([C@H]3CC[C@H](/C=C\C)CC3)cc2)cc1. The van der Waals surface area contributed by atoms with Crippen molar-refractivity contribution in [3.8, 4) is 23.5 Å². The Kier molecular flexibility index (Phi) is 7.31. The Bertz CT molecular complexity index is 753. The highest BCUT2D eigenvalue weighted by atomic mass is 16.5. The summed E-state index contributed by atoms with van der Waals surface area (Å²) in [7, 11) is 0. The van der Waals surface area contributed by atoms with Crippen LogP contribution in [0.1, 0.15) is 56.1 Å². The molecule has 1 aliphatic rings. The number of benzene rings is 2. The molecular formula is C26H30O. The molecule has 1 aliphatic carbocycles. The first-order valence-electron chi connectivity index (χ1n) is 10.1. The quantitative estimate of drug-likeness (QED) is 0.302. The summed E-state index contributed by atoms with van der Waals surface area (Å²) in [6, 6.07) is 17.8. The number of terminal acetylenes is 1. The Labute approximate surface area is 164 Å². The standard InChI is InChI=1S/C26H30O/c1-3-5-19-27-20-22-9-13-24(14-10-22)26-17-15-25(16-18-26)23-11-7-21(6-4-2)8-12-23/h1,4,6,9-10,13-18,21,23H,5,7-8,11-12,19-20H2,2H3/b6-4-/t21-,23-. The molecule has 2 aromatic carbocycles. The van der Waals surface area contributed by atoms with Crippen molar-refractivity contribution < 1.29 is 4.74 Å². The van der Waals surface area contributed by atoms with Gasteiger partial charge in [-0.05, 0) is 66.7 Å². The topological polar surface area (TPSA) is 9.23 Å². The van der Waals surface area contributed by atoms with E-state index in [0.717, 1.165) is 11.8 Å². The van der Waals surface area contributed by atoms with E-state index >= 15 is 0 Å². The third-order valence-corrected chi connectivity index (χ3v) is 5.57. The van der Waals surface area contributed by atoms with E-state index in [1.165, 1.54) is 47.9 Å². The van der Waals surface area contributed by atoms with E-state index in [2.05, 4.69) is 73.5 Å². The number of hydrogen-bond donors (Lipinski definition) is 0. The maximum absolute atomic E-state index is 5.56. The van der Waals surface area contributed by atoms with Gasteiger partial charge in [0.1, 0.15) is 0 Å². The summed E-state index contributed by atoms with van der Waals surface area (Å²) >= 11 is 0. The van der Waals surface area contributed by atoms with Gasteiger partial charge in [0.25, 0.3) is 0 Å². The third-order valence-electron chi connectivity index (χ3n) is 5.57. The highest BCUT2D eigenvalue weighted by Crippen LogP contribution is 2.36. The first kappa shape index (κ1) is 19.5. The van der Waals surface area contributed by atoms with Crippen molar-refractivity contribution in [2.24, 2.45) is 5.92 Å². The highest BCUT2D eigenvalue weighted by molar-refractivity contribution is 5.64. The van der Waals surface area contributed by atoms with Crippen molar-refractivity contribution in [3.63, 3.8) is 0 Å². The van der Waals surface area contributed by atoms with E-state index in [-0.39, 0.29) is 0 Å². The van der Waals surface area contributed by atoms with E-state index in [4.69, 9.17) is 11.2 Å². The van der Waals surface area contributed by atoms with E-state index in [9.17, 15) is 0 Å². The lowest BCUT2D eigenvalue weighted by atomic mass is 9.78. The second-order valence-electron chi connectivity index (χ2n) is 7.46. The van der Waals surface area contributed by atoms with E-state index in [0.29, 0.717) is 19.6 Å². The van der Waals surface area contributed by atoms with Crippen LogP contribution in [-0.4, -0.2) is 6.61 Å². The lowest BCUT2D eigenvalue weighted by Crippen LogP contribution is -2.11. The fourth-order valence-electron chi connectivity index (χ4n) is 3.98. The van der Waals surface area contributed by atoms with Crippen LogP contribution in [0.2, 0.25) is 0 Å². The molecule has 3 rings (SSSR count). The Morgan fingerprint density at radius 2 is 1.59 bits per heavy atom. The molecule has 0 unspecified atom stereocenters. The van der Waals surface area contributed by atoms with E-state index in [1.807, 2.05) is 0 Å². The third kappa shape index (κ3) is 5.59. The average molecular weight is 359 g/mol. The summed E-state index contributed by atoms with van der Waals surface area (Å²) in [5.74, 6) is 4.11. The van der Waals surface area contributed by atoms with E-state index in [1.54, 1.807) is 0 Å². The minimum atomic E-state index is 0.621. The molecular weight excluding hydrogens is 328 g/mol. The van der Waals surface area contributed by atoms with Crippen LogP contribution in [0.3, 0.4) is 0 Å². The lowest BCUT2D eigenvalue weighted by molar-refractivity contribution is 0.126. The maximum Gasteiger partial charge on any atom is 0.0717 e. The molecule has 0 bridgehead atoms. The van der Waals surface area contributed by atoms with Gasteiger partial charge in [0.05, 0.1) is 13.2 Å². The second-order valence-corrected chi connectivity index (χ2v) is 7.46. The van der Waals surface area contributed by atoms with Gasteiger partial charge in [-0.2, -0.15) is 0 Å². The monoisotopic (exact) mass is 358 g/mol. The Hall–Kier alpha value is -2.30. The van der Waals surface area contributed by atoms with Gasteiger partial charge in [-0.3, -0.25) is 0 Å². The molecule has 0 aliphatic heterocycles. The Morgan fingerprint density at radius 1 is 0.963 bits per heavy atom. The maximum atomic E-state index is 5.56. The zero-order chi connectivity index (χ0) is 18.9. The lowest BCUT2D eigenvalue weighted by Gasteiger charge is -2.27. The van der Waals surface area contributed by atoms with Gasteiger partial charge in [0.2, 0.25) is 0 Å². The first-order chi connectivity index (χ1) is 13.3. The van der Waals surface area contributed by atoms with Crippen LogP contribution in [0.25, 0.3) is 11.1 Å². The molecule has 1 saturated carbocycles. The molecule has 27 heavy (non-hydrogen) atoms. The van der Waals surface area contributed by atoms with Crippen LogP contribution in [0.4, 0.5) is 0 Å². The predicted molar refractivity (Wildman–Crippen MR) is 114 cm³/mol. The molecule has 0 atom stereocenters. The molecule has 0 N–H and O–H groups in total. The normalized spacial score (nSPS) is 19.9. The number of allylic oxidation sites excluding steroid dienone is 2. The molecule has 0 spiro atoms. The van der Waals surface area contributed by atoms with Gasteiger partial charge in [-0.1, -0.05) is 60.7 Å².